The fourth-order valence-electron chi connectivity index (χ4n) is 2.10. The van der Waals surface area contributed by atoms with Gasteiger partial charge in [0.15, 0.2) is 18.7 Å². The third kappa shape index (κ3) is 5.85. The number of pyridine rings is 1. The Kier molecular flexibility index (Phi) is 6.78. The Morgan fingerprint density at radius 1 is 0.913 bits per heavy atom. The van der Waals surface area contributed by atoms with E-state index in [1.165, 1.54) is 5.56 Å². The van der Waals surface area contributed by atoms with Gasteiger partial charge >= 0.3 is 0 Å². The molecule has 122 valence electrons. The highest BCUT2D eigenvalue weighted by Crippen LogP contribution is 2.15. The van der Waals surface area contributed by atoms with Crippen molar-refractivity contribution < 1.29 is 18.8 Å². The van der Waals surface area contributed by atoms with Crippen LogP contribution in [0.25, 0.3) is 12.2 Å². The van der Waals surface area contributed by atoms with Gasteiger partial charge in [-0.15, -0.1) is 0 Å². The minimum Gasteiger partial charge on any atom is -0.493 e. The number of ether oxygens (including phenoxy) is 3. The molecule has 0 N–H and O–H groups in total. The number of aryl methyl sites for hydroxylation is 1. The molecule has 1 aromatic heterocycles. The van der Waals surface area contributed by atoms with E-state index in [0.29, 0.717) is 13.0 Å². The molecule has 2 aromatic rings. The Labute approximate surface area is 137 Å². The maximum absolute atomic E-state index is 5.68. The topological polar surface area (TPSA) is 31.6 Å². The van der Waals surface area contributed by atoms with Crippen LogP contribution in [-0.2, 0) is 16.5 Å². The molecule has 0 spiro atoms. The second kappa shape index (κ2) is 9.08. The number of aromatic nitrogens is 1. The predicted octanol–water partition coefficient (Wildman–Crippen LogP) is 3.07. The van der Waals surface area contributed by atoms with E-state index < -0.39 is 0 Å². The summed E-state index contributed by atoms with van der Waals surface area (Å²) in [6, 6.07) is 12.2. The van der Waals surface area contributed by atoms with E-state index in [9.17, 15) is 0 Å². The van der Waals surface area contributed by atoms with Gasteiger partial charge in [0.05, 0.1) is 6.61 Å². The summed E-state index contributed by atoms with van der Waals surface area (Å²) in [5.74, 6) is 0.847. The van der Waals surface area contributed by atoms with E-state index in [-0.39, 0.29) is 6.29 Å². The summed E-state index contributed by atoms with van der Waals surface area (Å²) in [5, 5.41) is 0. The molecule has 0 bridgehead atoms. The predicted molar refractivity (Wildman–Crippen MR) is 90.9 cm³/mol. The Bertz CT molecular complexity index is 602. The van der Waals surface area contributed by atoms with Crippen LogP contribution in [0.4, 0.5) is 0 Å². The van der Waals surface area contributed by atoms with Gasteiger partial charge in [-0.25, -0.2) is 4.57 Å². The van der Waals surface area contributed by atoms with Crippen LogP contribution < -0.4 is 9.30 Å². The lowest BCUT2D eigenvalue weighted by atomic mass is 10.1. The molecule has 0 aliphatic rings. The summed E-state index contributed by atoms with van der Waals surface area (Å²) in [7, 11) is 5.26. The van der Waals surface area contributed by atoms with Crippen LogP contribution in [0.15, 0.2) is 48.8 Å². The molecule has 0 atom stereocenters. The van der Waals surface area contributed by atoms with Crippen LogP contribution in [0.5, 0.6) is 5.75 Å². The normalized spacial score (nSPS) is 11.3. The number of hydrogen-bond acceptors (Lipinski definition) is 3. The van der Waals surface area contributed by atoms with Gasteiger partial charge < -0.3 is 14.2 Å². The molecule has 0 aliphatic carbocycles. The third-order valence-corrected chi connectivity index (χ3v) is 3.50. The fourth-order valence-corrected chi connectivity index (χ4v) is 2.10. The van der Waals surface area contributed by atoms with Crippen molar-refractivity contribution in [3.63, 3.8) is 0 Å². The van der Waals surface area contributed by atoms with E-state index in [1.54, 1.807) is 14.2 Å². The molecule has 2 rings (SSSR count). The van der Waals surface area contributed by atoms with Crippen LogP contribution in [0.1, 0.15) is 17.5 Å². The fraction of sp³-hybridized carbons (Fsp3) is 0.316. The third-order valence-electron chi connectivity index (χ3n) is 3.50. The van der Waals surface area contributed by atoms with E-state index in [2.05, 4.69) is 24.3 Å². The Morgan fingerprint density at radius 3 is 2.04 bits per heavy atom. The Balaban J connectivity index is 1.85. The van der Waals surface area contributed by atoms with Crippen molar-refractivity contribution in [2.24, 2.45) is 7.05 Å². The monoisotopic (exact) mass is 314 g/mol. The summed E-state index contributed by atoms with van der Waals surface area (Å²) >= 11 is 0. The smallest absolute Gasteiger partial charge is 0.169 e. The van der Waals surface area contributed by atoms with E-state index >= 15 is 0 Å². The summed E-state index contributed by atoms with van der Waals surface area (Å²) < 4.78 is 17.9. The standard InChI is InChI=1S/C19H24NO3/c1-20-13-10-17(11-14-20)5-4-16-6-8-18(9-7-16)23-15-12-19(21-2)22-3/h4-11,13-14,19H,12,15H2,1-3H3/q+1/b5-4+. The van der Waals surface area contributed by atoms with Gasteiger partial charge in [0, 0.05) is 32.8 Å². The minimum absolute atomic E-state index is 0.218. The highest BCUT2D eigenvalue weighted by atomic mass is 16.7. The quantitative estimate of drug-likeness (QED) is 0.554. The van der Waals surface area contributed by atoms with E-state index in [1.807, 2.05) is 48.3 Å². The molecular weight excluding hydrogens is 290 g/mol. The first-order chi connectivity index (χ1) is 11.2. The molecule has 0 fully saturated rings. The number of rotatable bonds is 8. The summed E-state index contributed by atoms with van der Waals surface area (Å²) in [6.45, 7) is 0.558. The molecule has 4 nitrogen and oxygen atoms in total. The zero-order valence-electron chi connectivity index (χ0n) is 13.9. The molecule has 0 radical (unpaired) electrons. The molecule has 4 heteroatoms. The van der Waals surface area contributed by atoms with Gasteiger partial charge in [-0.05, 0) is 23.3 Å². The molecule has 1 aromatic carbocycles. The molecule has 0 saturated heterocycles. The Hall–Kier alpha value is -2.17. The van der Waals surface area contributed by atoms with Crippen molar-refractivity contribution in [3.05, 3.63) is 59.9 Å². The van der Waals surface area contributed by atoms with Crippen molar-refractivity contribution in [2.75, 3.05) is 20.8 Å². The number of nitrogens with zero attached hydrogens (tertiary/aromatic N) is 1. The second-order valence-corrected chi connectivity index (χ2v) is 5.24. The van der Waals surface area contributed by atoms with E-state index in [0.717, 1.165) is 11.3 Å². The maximum atomic E-state index is 5.68. The molecule has 0 unspecified atom stereocenters. The average molecular weight is 314 g/mol. The van der Waals surface area contributed by atoms with E-state index in [4.69, 9.17) is 14.2 Å². The highest BCUT2D eigenvalue weighted by molar-refractivity contribution is 5.69. The van der Waals surface area contributed by atoms with Crippen molar-refractivity contribution in [3.8, 4) is 5.75 Å². The molecule has 0 saturated carbocycles. The lowest BCUT2D eigenvalue weighted by molar-refractivity contribution is -0.671. The minimum atomic E-state index is -0.218. The maximum Gasteiger partial charge on any atom is 0.169 e. The lowest BCUT2D eigenvalue weighted by Crippen LogP contribution is -2.25. The number of methoxy groups -OCH3 is 2. The first-order valence-corrected chi connectivity index (χ1v) is 7.63. The van der Waals surface area contributed by atoms with Crippen molar-refractivity contribution in [2.45, 2.75) is 12.7 Å². The summed E-state index contributed by atoms with van der Waals surface area (Å²) in [5.41, 5.74) is 2.31. The Morgan fingerprint density at radius 2 is 1.48 bits per heavy atom. The zero-order chi connectivity index (χ0) is 16.5. The van der Waals surface area contributed by atoms with Crippen LogP contribution in [0, 0.1) is 0 Å². The highest BCUT2D eigenvalue weighted by Gasteiger charge is 2.04. The molecule has 23 heavy (non-hydrogen) atoms. The van der Waals surface area contributed by atoms with Gasteiger partial charge in [0.2, 0.25) is 0 Å². The largest absolute Gasteiger partial charge is 0.493 e. The SMILES string of the molecule is COC(CCOc1ccc(/C=C/c2cc[n+](C)cc2)cc1)OC. The van der Waals surface area contributed by atoms with Gasteiger partial charge in [-0.2, -0.15) is 0 Å². The lowest BCUT2D eigenvalue weighted by Gasteiger charge is -2.13. The van der Waals surface area contributed by atoms with Crippen molar-refractivity contribution >= 4 is 12.2 Å². The van der Waals surface area contributed by atoms with Crippen LogP contribution in [0.3, 0.4) is 0 Å². The molecular formula is C19H24NO3+. The number of hydrogen-bond donors (Lipinski definition) is 0. The van der Waals surface area contributed by atoms with Gasteiger partial charge in [0.25, 0.3) is 0 Å². The first-order valence-electron chi connectivity index (χ1n) is 7.63. The molecule has 0 amide bonds. The van der Waals surface area contributed by atoms with Gasteiger partial charge in [-0.1, -0.05) is 24.3 Å². The van der Waals surface area contributed by atoms with Crippen molar-refractivity contribution in [1.29, 1.82) is 0 Å². The second-order valence-electron chi connectivity index (χ2n) is 5.24. The summed E-state index contributed by atoms with van der Waals surface area (Å²) in [6.07, 6.45) is 8.72. The van der Waals surface area contributed by atoms with Crippen LogP contribution in [0.2, 0.25) is 0 Å². The average Bonchev–Trinajstić information content (AvgIpc) is 2.59. The van der Waals surface area contributed by atoms with Crippen molar-refractivity contribution in [1.82, 2.24) is 0 Å². The van der Waals surface area contributed by atoms with Crippen LogP contribution >= 0.6 is 0 Å². The van der Waals surface area contributed by atoms with Gasteiger partial charge in [-0.3, -0.25) is 0 Å². The number of benzene rings is 1. The summed E-state index contributed by atoms with van der Waals surface area (Å²) in [4.78, 5) is 0. The van der Waals surface area contributed by atoms with Crippen LogP contribution in [-0.4, -0.2) is 27.1 Å². The van der Waals surface area contributed by atoms with Gasteiger partial charge in [0.1, 0.15) is 12.8 Å². The first kappa shape index (κ1) is 17.2. The molecule has 0 aliphatic heterocycles. The zero-order valence-corrected chi connectivity index (χ0v) is 13.9. The molecule has 1 heterocycles.